The van der Waals surface area contributed by atoms with E-state index in [2.05, 4.69) is 24.5 Å². The van der Waals surface area contributed by atoms with Crippen LogP contribution < -0.4 is 10.6 Å². The fraction of sp³-hybridized carbons (Fsp3) is 0.933. The molecule has 0 spiro atoms. The second kappa shape index (κ2) is 10.00. The quantitative estimate of drug-likeness (QED) is 0.640. The Morgan fingerprint density at radius 2 is 1.85 bits per heavy atom. The SMILES string of the molecule is COCCCNCC(CNC(=O)OC(C)(C)C)C(C)C. The van der Waals surface area contributed by atoms with E-state index in [0.29, 0.717) is 18.4 Å². The summed E-state index contributed by atoms with van der Waals surface area (Å²) in [6.45, 7) is 13.1. The highest BCUT2D eigenvalue weighted by Gasteiger charge is 2.18. The first kappa shape index (κ1) is 19.2. The molecule has 20 heavy (non-hydrogen) atoms. The normalized spacial score (nSPS) is 13.3. The van der Waals surface area contributed by atoms with Gasteiger partial charge in [0.15, 0.2) is 0 Å². The van der Waals surface area contributed by atoms with Crippen molar-refractivity contribution < 1.29 is 14.3 Å². The molecule has 5 heteroatoms. The first-order valence-electron chi connectivity index (χ1n) is 7.42. The van der Waals surface area contributed by atoms with Crippen molar-refractivity contribution in [3.8, 4) is 0 Å². The van der Waals surface area contributed by atoms with Gasteiger partial charge in [-0.05, 0) is 52.1 Å². The van der Waals surface area contributed by atoms with Gasteiger partial charge in [-0.1, -0.05) is 13.8 Å². The molecule has 1 unspecified atom stereocenters. The topological polar surface area (TPSA) is 59.6 Å². The molecule has 2 N–H and O–H groups in total. The summed E-state index contributed by atoms with van der Waals surface area (Å²) < 4.78 is 10.2. The predicted octanol–water partition coefficient (Wildman–Crippen LogP) is 2.41. The van der Waals surface area contributed by atoms with Gasteiger partial charge >= 0.3 is 6.09 Å². The number of methoxy groups -OCH3 is 1. The minimum Gasteiger partial charge on any atom is -0.444 e. The van der Waals surface area contributed by atoms with E-state index in [1.807, 2.05) is 20.8 Å². The summed E-state index contributed by atoms with van der Waals surface area (Å²) in [7, 11) is 1.71. The summed E-state index contributed by atoms with van der Waals surface area (Å²) in [6.07, 6.45) is 0.656. The summed E-state index contributed by atoms with van der Waals surface area (Å²) in [6, 6.07) is 0. The molecule has 0 heterocycles. The average molecular weight is 288 g/mol. The molecule has 0 aromatic heterocycles. The molecule has 120 valence electrons. The molecule has 0 aliphatic carbocycles. The van der Waals surface area contributed by atoms with Crippen LogP contribution in [0.2, 0.25) is 0 Å². The molecule has 0 saturated heterocycles. The number of ether oxygens (including phenoxy) is 2. The van der Waals surface area contributed by atoms with Crippen LogP contribution in [0.1, 0.15) is 41.0 Å². The van der Waals surface area contributed by atoms with Crippen LogP contribution in [0.3, 0.4) is 0 Å². The van der Waals surface area contributed by atoms with E-state index in [-0.39, 0.29) is 6.09 Å². The van der Waals surface area contributed by atoms with E-state index < -0.39 is 5.60 Å². The van der Waals surface area contributed by atoms with Gasteiger partial charge in [-0.15, -0.1) is 0 Å². The lowest BCUT2D eigenvalue weighted by Crippen LogP contribution is -2.39. The maximum absolute atomic E-state index is 11.6. The lowest BCUT2D eigenvalue weighted by Gasteiger charge is -2.24. The highest BCUT2D eigenvalue weighted by atomic mass is 16.6. The van der Waals surface area contributed by atoms with E-state index >= 15 is 0 Å². The van der Waals surface area contributed by atoms with E-state index in [1.165, 1.54) is 0 Å². The van der Waals surface area contributed by atoms with Gasteiger partial charge in [0.25, 0.3) is 0 Å². The molecule has 1 atom stereocenters. The Morgan fingerprint density at radius 1 is 1.20 bits per heavy atom. The molecular formula is C15H32N2O3. The standard InChI is InChI=1S/C15H32N2O3/c1-12(2)13(10-16-8-7-9-19-6)11-17-14(18)20-15(3,4)5/h12-13,16H,7-11H2,1-6H3,(H,17,18). The van der Waals surface area contributed by atoms with Crippen LogP contribution in [0.15, 0.2) is 0 Å². The second-order valence-electron chi connectivity index (χ2n) is 6.44. The maximum Gasteiger partial charge on any atom is 0.407 e. The molecule has 0 aromatic carbocycles. The van der Waals surface area contributed by atoms with Gasteiger partial charge < -0.3 is 20.1 Å². The van der Waals surface area contributed by atoms with Crippen molar-refractivity contribution in [1.82, 2.24) is 10.6 Å². The number of amides is 1. The Morgan fingerprint density at radius 3 is 2.35 bits per heavy atom. The Bertz CT molecular complexity index is 262. The minimum atomic E-state index is -0.449. The number of hydrogen-bond donors (Lipinski definition) is 2. The summed E-state index contributed by atoms with van der Waals surface area (Å²) >= 11 is 0. The zero-order valence-electron chi connectivity index (χ0n) is 13.9. The number of carbonyl (C=O) groups excluding carboxylic acids is 1. The third-order valence-corrected chi connectivity index (χ3v) is 2.96. The maximum atomic E-state index is 11.6. The van der Waals surface area contributed by atoms with Crippen LogP contribution >= 0.6 is 0 Å². The molecule has 1 amide bonds. The van der Waals surface area contributed by atoms with E-state index in [4.69, 9.17) is 9.47 Å². The van der Waals surface area contributed by atoms with Crippen molar-refractivity contribution in [2.75, 3.05) is 33.4 Å². The van der Waals surface area contributed by atoms with Gasteiger partial charge in [0.2, 0.25) is 0 Å². The van der Waals surface area contributed by atoms with E-state index in [9.17, 15) is 4.79 Å². The van der Waals surface area contributed by atoms with Gasteiger partial charge in [-0.2, -0.15) is 0 Å². The smallest absolute Gasteiger partial charge is 0.407 e. The van der Waals surface area contributed by atoms with Crippen LogP contribution in [0, 0.1) is 11.8 Å². The summed E-state index contributed by atoms with van der Waals surface area (Å²) in [5, 5.41) is 6.25. The fourth-order valence-corrected chi connectivity index (χ4v) is 1.70. The number of carbonyl (C=O) groups is 1. The molecule has 0 saturated carbocycles. The fourth-order valence-electron chi connectivity index (χ4n) is 1.70. The van der Waals surface area contributed by atoms with Crippen LogP contribution in [0.5, 0.6) is 0 Å². The zero-order chi connectivity index (χ0) is 15.6. The second-order valence-corrected chi connectivity index (χ2v) is 6.44. The lowest BCUT2D eigenvalue weighted by molar-refractivity contribution is 0.0515. The van der Waals surface area contributed by atoms with Crippen molar-refractivity contribution in [2.24, 2.45) is 11.8 Å². The van der Waals surface area contributed by atoms with Crippen LogP contribution in [0.4, 0.5) is 4.79 Å². The molecular weight excluding hydrogens is 256 g/mol. The number of nitrogens with one attached hydrogen (secondary N) is 2. The average Bonchev–Trinajstić information content (AvgIpc) is 2.29. The molecule has 0 aliphatic rings. The Kier molecular flexibility index (Phi) is 9.59. The molecule has 0 aliphatic heterocycles. The van der Waals surface area contributed by atoms with Crippen molar-refractivity contribution in [2.45, 2.75) is 46.6 Å². The van der Waals surface area contributed by atoms with Gasteiger partial charge in [-0.3, -0.25) is 0 Å². The summed E-state index contributed by atoms with van der Waals surface area (Å²) in [4.78, 5) is 11.6. The summed E-state index contributed by atoms with van der Waals surface area (Å²) in [5.74, 6) is 0.893. The lowest BCUT2D eigenvalue weighted by atomic mass is 9.96. The van der Waals surface area contributed by atoms with Crippen molar-refractivity contribution in [1.29, 1.82) is 0 Å². The molecule has 0 rings (SSSR count). The first-order chi connectivity index (χ1) is 9.26. The number of alkyl carbamates (subject to hydrolysis) is 1. The summed E-state index contributed by atoms with van der Waals surface area (Å²) in [5.41, 5.74) is -0.449. The largest absolute Gasteiger partial charge is 0.444 e. The molecule has 0 fully saturated rings. The van der Waals surface area contributed by atoms with Gasteiger partial charge in [0, 0.05) is 20.3 Å². The number of rotatable bonds is 9. The monoisotopic (exact) mass is 288 g/mol. The van der Waals surface area contributed by atoms with Crippen molar-refractivity contribution >= 4 is 6.09 Å². The Hall–Kier alpha value is -0.810. The van der Waals surface area contributed by atoms with Gasteiger partial charge in [0.05, 0.1) is 0 Å². The minimum absolute atomic E-state index is 0.345. The van der Waals surface area contributed by atoms with Gasteiger partial charge in [0.1, 0.15) is 5.60 Å². The predicted molar refractivity (Wildman–Crippen MR) is 81.9 cm³/mol. The molecule has 0 bridgehead atoms. The van der Waals surface area contributed by atoms with Crippen LogP contribution in [0.25, 0.3) is 0 Å². The Balaban J connectivity index is 3.94. The molecule has 0 aromatic rings. The van der Waals surface area contributed by atoms with Gasteiger partial charge in [-0.25, -0.2) is 4.79 Å². The van der Waals surface area contributed by atoms with Crippen molar-refractivity contribution in [3.63, 3.8) is 0 Å². The molecule has 0 radical (unpaired) electrons. The number of hydrogen-bond acceptors (Lipinski definition) is 4. The molecule has 5 nitrogen and oxygen atoms in total. The van der Waals surface area contributed by atoms with E-state index in [1.54, 1.807) is 7.11 Å². The van der Waals surface area contributed by atoms with Crippen molar-refractivity contribution in [3.05, 3.63) is 0 Å². The van der Waals surface area contributed by atoms with Crippen LogP contribution in [-0.2, 0) is 9.47 Å². The third-order valence-electron chi connectivity index (χ3n) is 2.96. The first-order valence-corrected chi connectivity index (χ1v) is 7.42. The van der Waals surface area contributed by atoms with E-state index in [0.717, 1.165) is 26.1 Å². The third kappa shape index (κ3) is 11.1. The highest BCUT2D eigenvalue weighted by Crippen LogP contribution is 2.10. The Labute approximate surface area is 123 Å². The van der Waals surface area contributed by atoms with Crippen LogP contribution in [-0.4, -0.2) is 45.0 Å². The highest BCUT2D eigenvalue weighted by molar-refractivity contribution is 5.67. The zero-order valence-corrected chi connectivity index (χ0v) is 13.9.